The molecule has 1 rings (SSSR count). The number of aliphatic carboxylic acids is 1. The van der Waals surface area contributed by atoms with E-state index in [1.165, 1.54) is 0 Å². The fraction of sp³-hybridized carbons (Fsp3) is 0.846. The average molecular weight is 256 g/mol. The lowest BCUT2D eigenvalue weighted by atomic mass is 9.91. The molecule has 1 saturated heterocycles. The molecule has 1 unspecified atom stereocenters. The van der Waals surface area contributed by atoms with Crippen molar-refractivity contribution in [3.8, 4) is 0 Å². The van der Waals surface area contributed by atoms with E-state index >= 15 is 0 Å². The zero-order valence-corrected chi connectivity index (χ0v) is 11.9. The monoisotopic (exact) mass is 256 g/mol. The lowest BCUT2D eigenvalue weighted by Crippen LogP contribution is -2.59. The highest BCUT2D eigenvalue weighted by molar-refractivity contribution is 5.87. The van der Waals surface area contributed by atoms with Gasteiger partial charge in [-0.25, -0.2) is 0 Å². The van der Waals surface area contributed by atoms with E-state index in [4.69, 9.17) is 5.11 Å². The van der Waals surface area contributed by atoms with Gasteiger partial charge in [0.15, 0.2) is 0 Å². The number of hydrogen-bond donors (Lipinski definition) is 2. The molecule has 1 aliphatic rings. The number of hydrogen-bond acceptors (Lipinski definition) is 3. The molecule has 0 saturated carbocycles. The van der Waals surface area contributed by atoms with E-state index in [0.717, 1.165) is 6.42 Å². The molecule has 0 aliphatic carbocycles. The maximum atomic E-state index is 12.5. The van der Waals surface area contributed by atoms with Crippen molar-refractivity contribution in [1.29, 1.82) is 0 Å². The number of carboxylic acids is 1. The molecule has 2 N–H and O–H groups in total. The van der Waals surface area contributed by atoms with Crippen molar-refractivity contribution in [2.45, 2.75) is 64.6 Å². The quantitative estimate of drug-likeness (QED) is 0.779. The third-order valence-electron chi connectivity index (χ3n) is 3.30. The number of carbonyl (C=O) groups is 2. The molecule has 1 heterocycles. The van der Waals surface area contributed by atoms with E-state index < -0.39 is 12.0 Å². The van der Waals surface area contributed by atoms with Crippen LogP contribution in [0.25, 0.3) is 0 Å². The van der Waals surface area contributed by atoms with Gasteiger partial charge < -0.3 is 15.3 Å². The SMILES string of the molecule is CC(C)(C)N1C(=O)C(CC(=O)O)NCCC1(C)C. The minimum atomic E-state index is -0.950. The molecule has 0 aromatic heterocycles. The maximum Gasteiger partial charge on any atom is 0.305 e. The van der Waals surface area contributed by atoms with Crippen LogP contribution in [-0.4, -0.2) is 45.5 Å². The summed E-state index contributed by atoms with van der Waals surface area (Å²) in [5, 5.41) is 11.9. The highest BCUT2D eigenvalue weighted by atomic mass is 16.4. The number of carboxylic acid groups (broad SMARTS) is 1. The van der Waals surface area contributed by atoms with Crippen LogP contribution in [0.15, 0.2) is 0 Å². The zero-order chi connectivity index (χ0) is 14.1. The van der Waals surface area contributed by atoms with Gasteiger partial charge in [0.25, 0.3) is 0 Å². The van der Waals surface area contributed by atoms with Gasteiger partial charge in [-0.2, -0.15) is 0 Å². The number of rotatable bonds is 2. The molecule has 1 amide bonds. The van der Waals surface area contributed by atoms with E-state index in [9.17, 15) is 9.59 Å². The van der Waals surface area contributed by atoms with Gasteiger partial charge in [0.05, 0.1) is 12.5 Å². The largest absolute Gasteiger partial charge is 0.481 e. The van der Waals surface area contributed by atoms with Gasteiger partial charge in [-0.15, -0.1) is 0 Å². The number of nitrogens with zero attached hydrogens (tertiary/aromatic N) is 1. The van der Waals surface area contributed by atoms with Crippen LogP contribution >= 0.6 is 0 Å². The Hall–Kier alpha value is -1.10. The fourth-order valence-corrected chi connectivity index (χ4v) is 2.78. The highest BCUT2D eigenvalue weighted by Crippen LogP contribution is 2.30. The third kappa shape index (κ3) is 3.22. The summed E-state index contributed by atoms with van der Waals surface area (Å²) in [4.78, 5) is 25.2. The first-order valence-electron chi connectivity index (χ1n) is 6.35. The second-order valence-electron chi connectivity index (χ2n) is 6.51. The topological polar surface area (TPSA) is 69.6 Å². The fourth-order valence-electron chi connectivity index (χ4n) is 2.78. The van der Waals surface area contributed by atoms with Crippen molar-refractivity contribution in [3.05, 3.63) is 0 Å². The molecule has 5 heteroatoms. The molecule has 1 aliphatic heterocycles. The zero-order valence-electron chi connectivity index (χ0n) is 11.9. The van der Waals surface area contributed by atoms with E-state index in [1.54, 1.807) is 0 Å². The smallest absolute Gasteiger partial charge is 0.305 e. The summed E-state index contributed by atoms with van der Waals surface area (Å²) in [7, 11) is 0. The molecule has 0 aromatic rings. The Kier molecular flexibility index (Phi) is 4.05. The van der Waals surface area contributed by atoms with Crippen LogP contribution in [0.2, 0.25) is 0 Å². The standard InChI is InChI=1S/C13H24N2O3/c1-12(2,3)15-11(18)9(8-10(16)17)14-7-6-13(15,4)5/h9,14H,6-8H2,1-5H3,(H,16,17). The first-order valence-corrected chi connectivity index (χ1v) is 6.35. The summed E-state index contributed by atoms with van der Waals surface area (Å²) in [5.74, 6) is -1.07. The molecule has 0 aromatic carbocycles. The number of carbonyl (C=O) groups excluding carboxylic acids is 1. The van der Waals surface area contributed by atoms with Gasteiger partial charge in [-0.05, 0) is 47.6 Å². The third-order valence-corrected chi connectivity index (χ3v) is 3.30. The first kappa shape index (κ1) is 15.0. The lowest BCUT2D eigenvalue weighted by molar-refractivity contribution is -0.148. The van der Waals surface area contributed by atoms with Gasteiger partial charge in [0.1, 0.15) is 0 Å². The van der Waals surface area contributed by atoms with Crippen molar-refractivity contribution < 1.29 is 14.7 Å². The summed E-state index contributed by atoms with van der Waals surface area (Å²) < 4.78 is 0. The Balaban J connectivity index is 3.06. The van der Waals surface area contributed by atoms with Crippen LogP contribution in [0.4, 0.5) is 0 Å². The normalized spacial score (nSPS) is 24.8. The molecular formula is C13H24N2O3. The lowest BCUT2D eigenvalue weighted by Gasteiger charge is -2.47. The molecule has 0 bridgehead atoms. The van der Waals surface area contributed by atoms with Gasteiger partial charge in [-0.3, -0.25) is 9.59 Å². The van der Waals surface area contributed by atoms with E-state index in [0.29, 0.717) is 6.54 Å². The van der Waals surface area contributed by atoms with Gasteiger partial charge >= 0.3 is 5.97 Å². The first-order chi connectivity index (χ1) is 8.05. The minimum Gasteiger partial charge on any atom is -0.481 e. The van der Waals surface area contributed by atoms with Crippen LogP contribution in [0.1, 0.15) is 47.5 Å². The molecule has 1 fully saturated rings. The molecule has 104 valence electrons. The number of amides is 1. The Morgan fingerprint density at radius 3 is 2.50 bits per heavy atom. The summed E-state index contributed by atoms with van der Waals surface area (Å²) in [5.41, 5.74) is -0.584. The minimum absolute atomic E-state index is 0.118. The summed E-state index contributed by atoms with van der Waals surface area (Å²) in [6.45, 7) is 10.7. The average Bonchev–Trinajstić information content (AvgIpc) is 2.21. The van der Waals surface area contributed by atoms with Crippen molar-refractivity contribution in [2.24, 2.45) is 0 Å². The van der Waals surface area contributed by atoms with Gasteiger partial charge in [0, 0.05) is 11.1 Å². The predicted molar refractivity (Wildman–Crippen MR) is 69.3 cm³/mol. The Labute approximate surface area is 109 Å². The Morgan fingerprint density at radius 2 is 2.06 bits per heavy atom. The van der Waals surface area contributed by atoms with Crippen LogP contribution in [0, 0.1) is 0 Å². The van der Waals surface area contributed by atoms with Gasteiger partial charge in [0.2, 0.25) is 5.91 Å². The second kappa shape index (κ2) is 4.88. The summed E-state index contributed by atoms with van der Waals surface area (Å²) in [6.07, 6.45) is 0.646. The van der Waals surface area contributed by atoms with Crippen LogP contribution < -0.4 is 5.32 Å². The maximum absolute atomic E-state index is 12.5. The highest BCUT2D eigenvalue weighted by Gasteiger charge is 2.43. The van der Waals surface area contributed by atoms with Crippen molar-refractivity contribution >= 4 is 11.9 Å². The molecule has 1 atom stereocenters. The van der Waals surface area contributed by atoms with E-state index in [1.807, 2.05) is 39.5 Å². The van der Waals surface area contributed by atoms with E-state index in [-0.39, 0.29) is 23.4 Å². The summed E-state index contributed by atoms with van der Waals surface area (Å²) in [6, 6.07) is -0.622. The predicted octanol–water partition coefficient (Wildman–Crippen LogP) is 1.23. The second-order valence-corrected chi connectivity index (χ2v) is 6.51. The summed E-state index contributed by atoms with van der Waals surface area (Å²) >= 11 is 0. The Bertz CT molecular complexity index is 345. The molecular weight excluding hydrogens is 232 g/mol. The van der Waals surface area contributed by atoms with Crippen molar-refractivity contribution in [1.82, 2.24) is 10.2 Å². The van der Waals surface area contributed by atoms with Gasteiger partial charge in [-0.1, -0.05) is 0 Å². The molecule has 0 radical (unpaired) electrons. The van der Waals surface area contributed by atoms with Crippen molar-refractivity contribution in [3.63, 3.8) is 0 Å². The number of nitrogens with one attached hydrogen (secondary N) is 1. The van der Waals surface area contributed by atoms with Crippen LogP contribution in [-0.2, 0) is 9.59 Å². The van der Waals surface area contributed by atoms with E-state index in [2.05, 4.69) is 5.32 Å². The van der Waals surface area contributed by atoms with Crippen molar-refractivity contribution in [2.75, 3.05) is 6.54 Å². The Morgan fingerprint density at radius 1 is 1.50 bits per heavy atom. The molecule has 18 heavy (non-hydrogen) atoms. The molecule has 0 spiro atoms. The van der Waals surface area contributed by atoms with Crippen LogP contribution in [0.5, 0.6) is 0 Å². The molecule has 5 nitrogen and oxygen atoms in total. The van der Waals surface area contributed by atoms with Crippen LogP contribution in [0.3, 0.4) is 0 Å².